The second-order valence-electron chi connectivity index (χ2n) is 4.44. The van der Waals surface area contributed by atoms with E-state index in [-0.39, 0.29) is 6.04 Å². The van der Waals surface area contributed by atoms with Crippen LogP contribution in [0, 0.1) is 6.92 Å². The number of rotatable bonds is 3. The highest BCUT2D eigenvalue weighted by atomic mass is 79.9. The molecular formula is C15H15BrClN. The van der Waals surface area contributed by atoms with Crippen molar-refractivity contribution in [3.8, 4) is 0 Å². The normalized spacial score (nSPS) is 12.4. The fraction of sp³-hybridized carbons (Fsp3) is 0.200. The van der Waals surface area contributed by atoms with Gasteiger partial charge in [-0.2, -0.15) is 0 Å². The van der Waals surface area contributed by atoms with Gasteiger partial charge in [0.05, 0.1) is 0 Å². The lowest BCUT2D eigenvalue weighted by Gasteiger charge is -2.15. The van der Waals surface area contributed by atoms with Gasteiger partial charge in [-0.3, -0.25) is 0 Å². The van der Waals surface area contributed by atoms with E-state index in [1.165, 1.54) is 5.56 Å². The Kier molecular flexibility index (Phi) is 4.44. The van der Waals surface area contributed by atoms with Crippen LogP contribution in [-0.4, -0.2) is 0 Å². The van der Waals surface area contributed by atoms with Crippen molar-refractivity contribution >= 4 is 27.5 Å². The van der Waals surface area contributed by atoms with Crippen LogP contribution in [0.1, 0.15) is 22.7 Å². The maximum atomic E-state index is 6.27. The molecular weight excluding hydrogens is 310 g/mol. The molecule has 2 aromatic rings. The van der Waals surface area contributed by atoms with Crippen molar-refractivity contribution in [1.82, 2.24) is 0 Å². The minimum Gasteiger partial charge on any atom is -0.324 e. The van der Waals surface area contributed by atoms with Crippen molar-refractivity contribution in [2.24, 2.45) is 5.73 Å². The lowest BCUT2D eigenvalue weighted by atomic mass is 9.96. The smallest absolute Gasteiger partial charge is 0.0408 e. The first-order chi connectivity index (χ1) is 8.56. The summed E-state index contributed by atoms with van der Waals surface area (Å²) in [6.45, 7) is 2.04. The van der Waals surface area contributed by atoms with E-state index in [2.05, 4.69) is 28.1 Å². The number of hydrogen-bond acceptors (Lipinski definition) is 1. The van der Waals surface area contributed by atoms with Crippen LogP contribution < -0.4 is 5.73 Å². The van der Waals surface area contributed by atoms with E-state index >= 15 is 0 Å². The largest absolute Gasteiger partial charge is 0.324 e. The van der Waals surface area contributed by atoms with Gasteiger partial charge < -0.3 is 5.73 Å². The number of nitrogens with two attached hydrogens (primary N) is 1. The Balaban J connectivity index is 2.19. The molecule has 1 unspecified atom stereocenters. The van der Waals surface area contributed by atoms with Crippen molar-refractivity contribution in [3.63, 3.8) is 0 Å². The molecule has 0 amide bonds. The summed E-state index contributed by atoms with van der Waals surface area (Å²) in [5.74, 6) is 0. The molecule has 2 aromatic carbocycles. The van der Waals surface area contributed by atoms with E-state index in [1.807, 2.05) is 37.3 Å². The molecule has 0 saturated heterocycles. The van der Waals surface area contributed by atoms with Crippen LogP contribution in [0.25, 0.3) is 0 Å². The van der Waals surface area contributed by atoms with Gasteiger partial charge in [0, 0.05) is 15.5 Å². The molecule has 2 rings (SSSR count). The Labute approximate surface area is 121 Å². The summed E-state index contributed by atoms with van der Waals surface area (Å²) in [6.07, 6.45) is 0.821. The first-order valence-electron chi connectivity index (χ1n) is 5.82. The van der Waals surface area contributed by atoms with Gasteiger partial charge in [0.2, 0.25) is 0 Å². The molecule has 18 heavy (non-hydrogen) atoms. The Hall–Kier alpha value is -0.830. The van der Waals surface area contributed by atoms with E-state index in [4.69, 9.17) is 17.3 Å². The highest BCUT2D eigenvalue weighted by Gasteiger charge is 2.10. The average molecular weight is 325 g/mol. The van der Waals surface area contributed by atoms with E-state index in [1.54, 1.807) is 0 Å². The van der Waals surface area contributed by atoms with Crippen LogP contribution in [0.15, 0.2) is 46.9 Å². The fourth-order valence-corrected chi connectivity index (χ4v) is 2.76. The molecule has 3 heteroatoms. The molecule has 1 nitrogen and oxygen atoms in total. The van der Waals surface area contributed by atoms with Crippen molar-refractivity contribution in [3.05, 3.63) is 68.7 Å². The fourth-order valence-electron chi connectivity index (χ4n) is 2.08. The summed E-state index contributed by atoms with van der Waals surface area (Å²) in [6, 6.07) is 14.1. The second kappa shape index (κ2) is 5.87. The van der Waals surface area contributed by atoms with Gasteiger partial charge in [0.25, 0.3) is 0 Å². The maximum absolute atomic E-state index is 6.27. The van der Waals surface area contributed by atoms with Crippen LogP contribution >= 0.6 is 27.5 Å². The number of benzene rings is 2. The van der Waals surface area contributed by atoms with Crippen molar-refractivity contribution in [1.29, 1.82) is 0 Å². The van der Waals surface area contributed by atoms with Crippen LogP contribution in [0.3, 0.4) is 0 Å². The molecule has 0 aromatic heterocycles. The van der Waals surface area contributed by atoms with Gasteiger partial charge in [-0.05, 0) is 54.3 Å². The molecule has 0 saturated carbocycles. The monoisotopic (exact) mass is 323 g/mol. The molecule has 0 fully saturated rings. The average Bonchev–Trinajstić information content (AvgIpc) is 2.28. The molecule has 0 aliphatic heterocycles. The van der Waals surface area contributed by atoms with Crippen LogP contribution in [0.2, 0.25) is 5.02 Å². The Morgan fingerprint density at radius 2 is 2.00 bits per heavy atom. The van der Waals surface area contributed by atoms with Gasteiger partial charge >= 0.3 is 0 Å². The SMILES string of the molecule is Cc1cc(Cl)ccc1C(N)Cc1cccc(Br)c1. The van der Waals surface area contributed by atoms with Crippen molar-refractivity contribution in [2.45, 2.75) is 19.4 Å². The predicted molar refractivity (Wildman–Crippen MR) is 81.0 cm³/mol. The first-order valence-corrected chi connectivity index (χ1v) is 6.99. The zero-order valence-electron chi connectivity index (χ0n) is 10.2. The molecule has 0 bridgehead atoms. The maximum Gasteiger partial charge on any atom is 0.0408 e. The molecule has 0 spiro atoms. The standard InChI is InChI=1S/C15H15BrClN/c1-10-7-13(17)5-6-14(10)15(18)9-11-3-2-4-12(16)8-11/h2-8,15H,9,18H2,1H3. The first kappa shape index (κ1) is 13.6. The van der Waals surface area contributed by atoms with Crippen molar-refractivity contribution < 1.29 is 0 Å². The molecule has 94 valence electrons. The highest BCUT2D eigenvalue weighted by Crippen LogP contribution is 2.23. The van der Waals surface area contributed by atoms with Crippen LogP contribution in [-0.2, 0) is 6.42 Å². The quantitative estimate of drug-likeness (QED) is 0.873. The number of hydrogen-bond donors (Lipinski definition) is 1. The van der Waals surface area contributed by atoms with Gasteiger partial charge in [0.1, 0.15) is 0 Å². The third kappa shape index (κ3) is 3.35. The molecule has 2 N–H and O–H groups in total. The predicted octanol–water partition coefficient (Wildman–Crippen LogP) is 4.65. The van der Waals surface area contributed by atoms with E-state index in [0.717, 1.165) is 27.0 Å². The number of halogens is 2. The molecule has 0 aliphatic rings. The van der Waals surface area contributed by atoms with Gasteiger partial charge in [-0.25, -0.2) is 0 Å². The molecule has 0 aliphatic carbocycles. The summed E-state index contributed by atoms with van der Waals surface area (Å²) in [4.78, 5) is 0. The van der Waals surface area contributed by atoms with E-state index in [9.17, 15) is 0 Å². The van der Waals surface area contributed by atoms with Crippen LogP contribution in [0.4, 0.5) is 0 Å². The van der Waals surface area contributed by atoms with Crippen LogP contribution in [0.5, 0.6) is 0 Å². The topological polar surface area (TPSA) is 26.0 Å². The highest BCUT2D eigenvalue weighted by molar-refractivity contribution is 9.10. The van der Waals surface area contributed by atoms with E-state index in [0.29, 0.717) is 0 Å². The summed E-state index contributed by atoms with van der Waals surface area (Å²) < 4.78 is 1.08. The van der Waals surface area contributed by atoms with E-state index < -0.39 is 0 Å². The third-order valence-electron chi connectivity index (χ3n) is 2.98. The van der Waals surface area contributed by atoms with Gasteiger partial charge in [-0.15, -0.1) is 0 Å². The summed E-state index contributed by atoms with van der Waals surface area (Å²) in [7, 11) is 0. The van der Waals surface area contributed by atoms with Gasteiger partial charge in [-0.1, -0.05) is 45.7 Å². The summed E-state index contributed by atoms with van der Waals surface area (Å²) in [5, 5.41) is 0.755. The minimum absolute atomic E-state index is 0.00318. The molecule has 0 radical (unpaired) electrons. The minimum atomic E-state index is -0.00318. The van der Waals surface area contributed by atoms with Crippen molar-refractivity contribution in [2.75, 3.05) is 0 Å². The summed E-state index contributed by atoms with van der Waals surface area (Å²) >= 11 is 9.43. The molecule has 1 atom stereocenters. The lowest BCUT2D eigenvalue weighted by Crippen LogP contribution is -2.14. The molecule has 0 heterocycles. The lowest BCUT2D eigenvalue weighted by molar-refractivity contribution is 0.716. The Morgan fingerprint density at radius 3 is 2.67 bits per heavy atom. The third-order valence-corrected chi connectivity index (χ3v) is 3.70. The Bertz CT molecular complexity index is 554. The second-order valence-corrected chi connectivity index (χ2v) is 5.79. The number of aryl methyl sites for hydroxylation is 1. The summed E-state index contributed by atoms with van der Waals surface area (Å²) in [5.41, 5.74) is 9.79. The zero-order chi connectivity index (χ0) is 13.1. The zero-order valence-corrected chi connectivity index (χ0v) is 12.5. The Morgan fingerprint density at radius 1 is 1.22 bits per heavy atom. The van der Waals surface area contributed by atoms with Gasteiger partial charge in [0.15, 0.2) is 0 Å².